The molecule has 0 bridgehead atoms. The maximum atomic E-state index is 12.3. The quantitative estimate of drug-likeness (QED) is 0.493. The summed E-state index contributed by atoms with van der Waals surface area (Å²) in [7, 11) is 1.42. The van der Waals surface area contributed by atoms with Gasteiger partial charge >= 0.3 is 6.03 Å². The molecule has 0 aliphatic carbocycles. The number of guanidine groups is 1. The average molecular weight is 301 g/mol. The lowest BCUT2D eigenvalue weighted by Crippen LogP contribution is -2.47. The molecule has 1 aromatic rings. The van der Waals surface area contributed by atoms with Gasteiger partial charge in [-0.3, -0.25) is 15.2 Å². The highest BCUT2D eigenvalue weighted by Gasteiger charge is 2.25. The van der Waals surface area contributed by atoms with E-state index in [0.717, 1.165) is 15.9 Å². The highest BCUT2D eigenvalue weighted by molar-refractivity contribution is 6.35. The third kappa shape index (κ3) is 2.72. The van der Waals surface area contributed by atoms with Crippen molar-refractivity contribution in [1.82, 2.24) is 4.90 Å². The Hall–Kier alpha value is -2.15. The second kappa shape index (κ2) is 5.87. The van der Waals surface area contributed by atoms with Crippen molar-refractivity contribution < 1.29 is 15.0 Å². The lowest BCUT2D eigenvalue weighted by atomic mass is 10.1. The number of nitrogens with zero attached hydrogens (tertiary/aromatic N) is 2. The molecule has 0 spiro atoms. The summed E-state index contributed by atoms with van der Waals surface area (Å²) in [6.45, 7) is 3.44. The number of anilines is 1. The fourth-order valence-corrected chi connectivity index (χ4v) is 2.12. The van der Waals surface area contributed by atoms with Crippen LogP contribution in [-0.2, 0) is 0 Å². The molecule has 110 valence electrons. The highest BCUT2D eigenvalue weighted by Crippen LogP contribution is 2.41. The van der Waals surface area contributed by atoms with E-state index in [1.165, 1.54) is 7.05 Å². The van der Waals surface area contributed by atoms with E-state index in [4.69, 9.17) is 22.7 Å². The second-order valence-electron chi connectivity index (χ2n) is 4.17. The summed E-state index contributed by atoms with van der Waals surface area (Å²) >= 11 is 5.98. The van der Waals surface area contributed by atoms with Gasteiger partial charge in [-0.25, -0.2) is 4.79 Å². The molecule has 7 nitrogen and oxygen atoms in total. The first-order valence-corrected chi connectivity index (χ1v) is 6.20. The third-order valence-electron chi connectivity index (χ3n) is 2.91. The molecular weight excluding hydrogens is 284 g/mol. The summed E-state index contributed by atoms with van der Waals surface area (Å²) < 4.78 is 0. The van der Waals surface area contributed by atoms with Crippen LogP contribution in [0.3, 0.4) is 0 Å². The van der Waals surface area contributed by atoms with Crippen molar-refractivity contribution in [2.75, 3.05) is 18.5 Å². The topological polar surface area (TPSA) is 114 Å². The van der Waals surface area contributed by atoms with E-state index in [0.29, 0.717) is 5.56 Å². The molecule has 0 atom stereocenters. The molecule has 0 saturated heterocycles. The van der Waals surface area contributed by atoms with Crippen LogP contribution in [0.5, 0.6) is 11.5 Å². The molecule has 1 rings (SSSR count). The number of phenolic OH excluding ortho intramolecular Hbond substituents is 2. The number of hydrogen-bond acceptors (Lipinski definition) is 4. The lowest BCUT2D eigenvalue weighted by molar-refractivity contribution is 0.229. The van der Waals surface area contributed by atoms with Crippen LogP contribution >= 0.6 is 11.6 Å². The summed E-state index contributed by atoms with van der Waals surface area (Å²) in [6.07, 6.45) is 0. The number of carbonyl (C=O) groups excluding carboxylic acids is 1. The van der Waals surface area contributed by atoms with Crippen molar-refractivity contribution in [2.24, 2.45) is 5.73 Å². The number of urea groups is 1. The highest BCUT2D eigenvalue weighted by atomic mass is 35.5. The number of hydrogen-bond donors (Lipinski definition) is 4. The first-order chi connectivity index (χ1) is 9.22. The molecule has 0 aromatic heterocycles. The third-order valence-corrected chi connectivity index (χ3v) is 3.28. The van der Waals surface area contributed by atoms with E-state index in [1.807, 2.05) is 0 Å². The Bertz CT molecular complexity index is 536. The van der Waals surface area contributed by atoms with E-state index in [9.17, 15) is 15.0 Å². The first kappa shape index (κ1) is 15.9. The van der Waals surface area contributed by atoms with Gasteiger partial charge in [0, 0.05) is 25.2 Å². The average Bonchev–Trinajstić information content (AvgIpc) is 2.36. The Morgan fingerprint density at radius 1 is 1.45 bits per heavy atom. The zero-order valence-corrected chi connectivity index (χ0v) is 12.2. The summed E-state index contributed by atoms with van der Waals surface area (Å²) in [4.78, 5) is 14.4. The predicted molar refractivity (Wildman–Crippen MR) is 77.6 cm³/mol. The maximum Gasteiger partial charge on any atom is 0.331 e. The van der Waals surface area contributed by atoms with Gasteiger partial charge in [-0.15, -0.1) is 0 Å². The minimum absolute atomic E-state index is 0.0595. The molecule has 0 aliphatic heterocycles. The van der Waals surface area contributed by atoms with Crippen LogP contribution in [0.2, 0.25) is 5.02 Å². The van der Waals surface area contributed by atoms with Gasteiger partial charge in [-0.05, 0) is 13.8 Å². The number of aromatic hydroxyl groups is 2. The second-order valence-corrected chi connectivity index (χ2v) is 4.55. The molecule has 5 N–H and O–H groups in total. The first-order valence-electron chi connectivity index (χ1n) is 5.82. The maximum absolute atomic E-state index is 12.3. The fourth-order valence-electron chi connectivity index (χ4n) is 1.79. The Morgan fingerprint density at radius 3 is 2.45 bits per heavy atom. The van der Waals surface area contributed by atoms with E-state index in [2.05, 4.69) is 0 Å². The lowest BCUT2D eigenvalue weighted by Gasteiger charge is -2.27. The van der Waals surface area contributed by atoms with Crippen molar-refractivity contribution in [3.05, 3.63) is 16.7 Å². The minimum atomic E-state index is -0.588. The van der Waals surface area contributed by atoms with Gasteiger partial charge in [0.2, 0.25) is 0 Å². The Balaban J connectivity index is 3.31. The van der Waals surface area contributed by atoms with E-state index < -0.39 is 12.0 Å². The predicted octanol–water partition coefficient (Wildman–Crippen LogP) is 1.83. The Morgan fingerprint density at radius 2 is 2.00 bits per heavy atom. The standard InChI is InChI=1S/C12H17ClN4O3/c1-4-17(11(14)15)12(20)16(3)10-6(2)7(18)5-8(19)9(10)13/h5,18-19H,4H2,1-3H3,(H3,14,15). The largest absolute Gasteiger partial charge is 0.507 e. The van der Waals surface area contributed by atoms with E-state index >= 15 is 0 Å². The number of phenols is 2. The monoisotopic (exact) mass is 300 g/mol. The zero-order chi connectivity index (χ0) is 15.6. The van der Waals surface area contributed by atoms with Crippen molar-refractivity contribution in [1.29, 1.82) is 5.41 Å². The van der Waals surface area contributed by atoms with Gasteiger partial charge in [0.05, 0.1) is 5.69 Å². The van der Waals surface area contributed by atoms with Crippen molar-refractivity contribution >= 4 is 29.3 Å². The van der Waals surface area contributed by atoms with Crippen LogP contribution in [0.25, 0.3) is 0 Å². The Labute approximate surface area is 121 Å². The molecule has 8 heteroatoms. The van der Waals surface area contributed by atoms with Gasteiger partial charge in [0.25, 0.3) is 0 Å². The van der Waals surface area contributed by atoms with Crippen LogP contribution in [0.15, 0.2) is 6.07 Å². The number of halogens is 1. The molecule has 1 aromatic carbocycles. The van der Waals surface area contributed by atoms with Gasteiger partial charge in [0.1, 0.15) is 16.5 Å². The van der Waals surface area contributed by atoms with Crippen LogP contribution in [0, 0.1) is 12.3 Å². The minimum Gasteiger partial charge on any atom is -0.507 e. The van der Waals surface area contributed by atoms with Crippen LogP contribution < -0.4 is 10.6 Å². The molecule has 20 heavy (non-hydrogen) atoms. The fraction of sp³-hybridized carbons (Fsp3) is 0.333. The van der Waals surface area contributed by atoms with Crippen LogP contribution in [0.4, 0.5) is 10.5 Å². The number of benzene rings is 1. The smallest absolute Gasteiger partial charge is 0.331 e. The number of nitrogens with one attached hydrogen (secondary N) is 1. The van der Waals surface area contributed by atoms with Crippen LogP contribution in [-0.4, -0.2) is 40.7 Å². The number of nitrogens with two attached hydrogens (primary N) is 1. The summed E-state index contributed by atoms with van der Waals surface area (Å²) in [5.41, 5.74) is 5.83. The van der Waals surface area contributed by atoms with Gasteiger partial charge in [0.15, 0.2) is 5.96 Å². The van der Waals surface area contributed by atoms with Crippen molar-refractivity contribution in [3.8, 4) is 11.5 Å². The van der Waals surface area contributed by atoms with E-state index in [1.54, 1.807) is 13.8 Å². The number of carbonyl (C=O) groups is 1. The molecule has 0 saturated carbocycles. The van der Waals surface area contributed by atoms with Gasteiger partial charge in [-0.1, -0.05) is 11.6 Å². The summed E-state index contributed by atoms with van der Waals surface area (Å²) in [5.74, 6) is -0.926. The van der Waals surface area contributed by atoms with Crippen molar-refractivity contribution in [3.63, 3.8) is 0 Å². The van der Waals surface area contributed by atoms with Crippen molar-refractivity contribution in [2.45, 2.75) is 13.8 Å². The van der Waals surface area contributed by atoms with Gasteiger partial charge < -0.3 is 15.9 Å². The summed E-state index contributed by atoms with van der Waals surface area (Å²) in [6, 6.07) is 0.511. The Kier molecular flexibility index (Phi) is 4.67. The van der Waals surface area contributed by atoms with Gasteiger partial charge in [-0.2, -0.15) is 0 Å². The normalized spacial score (nSPS) is 10.2. The molecule has 0 fully saturated rings. The molecule has 0 unspecified atom stereocenters. The molecule has 0 aliphatic rings. The SMILES string of the molecule is CCN(C(=N)N)C(=O)N(C)c1c(C)c(O)cc(O)c1Cl. The number of rotatable bonds is 2. The van der Waals surface area contributed by atoms with E-state index in [-0.39, 0.29) is 28.8 Å². The molecular formula is C12H17ClN4O3. The molecule has 0 radical (unpaired) electrons. The summed E-state index contributed by atoms with van der Waals surface area (Å²) in [5, 5.41) is 26.6. The molecule has 2 amide bonds. The molecule has 0 heterocycles. The number of amides is 2. The van der Waals surface area contributed by atoms with Crippen LogP contribution in [0.1, 0.15) is 12.5 Å². The zero-order valence-electron chi connectivity index (χ0n) is 11.4.